The third-order valence-electron chi connectivity index (χ3n) is 4.50. The van der Waals surface area contributed by atoms with Crippen LogP contribution < -0.4 is 10.1 Å². The fourth-order valence-electron chi connectivity index (χ4n) is 3.08. The highest BCUT2D eigenvalue weighted by Crippen LogP contribution is 2.37. The monoisotopic (exact) mass is 358 g/mol. The molecule has 0 amide bonds. The van der Waals surface area contributed by atoms with Gasteiger partial charge < -0.3 is 9.84 Å². The van der Waals surface area contributed by atoms with E-state index in [0.29, 0.717) is 23.1 Å². The molecule has 0 spiro atoms. The van der Waals surface area contributed by atoms with E-state index < -0.39 is 0 Å². The number of halogens is 1. The van der Waals surface area contributed by atoms with Gasteiger partial charge in [0.15, 0.2) is 11.5 Å². The fraction of sp³-hybridized carbons (Fsp3) is 0.350. The molecular formula is C20H23ClN2O2. The highest BCUT2D eigenvalue weighted by atomic mass is 35.5. The van der Waals surface area contributed by atoms with Crippen molar-refractivity contribution in [2.24, 2.45) is 10.9 Å². The number of para-hydroxylation sites is 1. The Labute approximate surface area is 153 Å². The molecule has 3 rings (SSSR count). The van der Waals surface area contributed by atoms with Gasteiger partial charge in [-0.25, -0.2) is 0 Å². The first-order valence-corrected chi connectivity index (χ1v) is 8.82. The number of aromatic hydroxyl groups is 1. The Morgan fingerprint density at radius 1 is 1.20 bits per heavy atom. The van der Waals surface area contributed by atoms with Gasteiger partial charge in [-0.1, -0.05) is 49.7 Å². The Hall–Kier alpha value is -2.04. The van der Waals surface area contributed by atoms with E-state index in [9.17, 15) is 5.11 Å². The Kier molecular flexibility index (Phi) is 5.30. The standard InChI is InChI=1S/C20H23ClN2O2/c1-12(2)20-22-16(13-7-9-14(21)10-8-13)11-17(23-20)15-5-4-6-18(25-3)19(15)24/h4-10,12,17,20,23-24H,11H2,1-3H3/t17-,20-/m0/s1. The quantitative estimate of drug-likeness (QED) is 0.842. The third kappa shape index (κ3) is 3.80. The van der Waals surface area contributed by atoms with Crippen LogP contribution in [0.3, 0.4) is 0 Å². The average molecular weight is 359 g/mol. The molecule has 0 fully saturated rings. The SMILES string of the molecule is COc1cccc([C@@H]2CC(c3ccc(Cl)cc3)=N[C@H](C(C)C)N2)c1O. The molecule has 1 heterocycles. The summed E-state index contributed by atoms with van der Waals surface area (Å²) in [7, 11) is 1.56. The predicted molar refractivity (Wildman–Crippen MR) is 102 cm³/mol. The summed E-state index contributed by atoms with van der Waals surface area (Å²) in [6, 6.07) is 13.3. The Bertz CT molecular complexity index is 772. The largest absolute Gasteiger partial charge is 0.504 e. The van der Waals surface area contributed by atoms with Crippen molar-refractivity contribution in [3.05, 3.63) is 58.6 Å². The number of aliphatic imine (C=N–C) groups is 1. The molecule has 0 aromatic heterocycles. The minimum absolute atomic E-state index is 0.0185. The van der Waals surface area contributed by atoms with Crippen LogP contribution in [0, 0.1) is 5.92 Å². The molecule has 2 N–H and O–H groups in total. The molecule has 0 saturated carbocycles. The van der Waals surface area contributed by atoms with Gasteiger partial charge in [0.05, 0.1) is 7.11 Å². The summed E-state index contributed by atoms with van der Waals surface area (Å²) in [6.07, 6.45) is 0.668. The molecule has 2 aromatic carbocycles. The molecule has 25 heavy (non-hydrogen) atoms. The summed E-state index contributed by atoms with van der Waals surface area (Å²) >= 11 is 6.01. The normalized spacial score (nSPS) is 20.4. The average Bonchev–Trinajstić information content (AvgIpc) is 2.62. The smallest absolute Gasteiger partial charge is 0.162 e. The second kappa shape index (κ2) is 7.46. The highest BCUT2D eigenvalue weighted by molar-refractivity contribution is 6.30. The molecule has 2 aromatic rings. The number of methoxy groups -OCH3 is 1. The van der Waals surface area contributed by atoms with Crippen LogP contribution >= 0.6 is 11.6 Å². The molecule has 0 radical (unpaired) electrons. The van der Waals surface area contributed by atoms with Crippen molar-refractivity contribution in [3.63, 3.8) is 0 Å². The third-order valence-corrected chi connectivity index (χ3v) is 4.75. The van der Waals surface area contributed by atoms with Gasteiger partial charge in [-0.2, -0.15) is 0 Å². The maximum atomic E-state index is 10.5. The van der Waals surface area contributed by atoms with Gasteiger partial charge >= 0.3 is 0 Å². The van der Waals surface area contributed by atoms with Crippen molar-refractivity contribution < 1.29 is 9.84 Å². The second-order valence-electron chi connectivity index (χ2n) is 6.59. The second-order valence-corrected chi connectivity index (χ2v) is 7.03. The van der Waals surface area contributed by atoms with Crippen LogP contribution in [0.1, 0.15) is 37.4 Å². The molecule has 1 aliphatic heterocycles. The van der Waals surface area contributed by atoms with Crippen LogP contribution in [0.2, 0.25) is 5.02 Å². The summed E-state index contributed by atoms with van der Waals surface area (Å²) < 4.78 is 5.25. The highest BCUT2D eigenvalue weighted by Gasteiger charge is 2.28. The van der Waals surface area contributed by atoms with Crippen LogP contribution in [-0.4, -0.2) is 24.1 Å². The summed E-state index contributed by atoms with van der Waals surface area (Å²) in [5.74, 6) is 0.996. The van der Waals surface area contributed by atoms with E-state index in [-0.39, 0.29) is 18.0 Å². The zero-order valence-electron chi connectivity index (χ0n) is 14.7. The maximum absolute atomic E-state index is 10.5. The number of hydrogen-bond donors (Lipinski definition) is 2. The van der Waals surface area contributed by atoms with Gasteiger partial charge in [0.25, 0.3) is 0 Å². The number of hydrogen-bond acceptors (Lipinski definition) is 4. The van der Waals surface area contributed by atoms with Gasteiger partial charge in [-0.15, -0.1) is 0 Å². The fourth-order valence-corrected chi connectivity index (χ4v) is 3.20. The topological polar surface area (TPSA) is 53.8 Å². The molecule has 0 bridgehead atoms. The molecule has 132 valence electrons. The molecule has 2 atom stereocenters. The van der Waals surface area contributed by atoms with Crippen molar-refractivity contribution in [3.8, 4) is 11.5 Å². The first kappa shape index (κ1) is 17.8. The number of rotatable bonds is 4. The van der Waals surface area contributed by atoms with Crippen LogP contribution in [-0.2, 0) is 0 Å². The van der Waals surface area contributed by atoms with Crippen molar-refractivity contribution in [1.82, 2.24) is 5.32 Å². The zero-order valence-corrected chi connectivity index (χ0v) is 15.4. The van der Waals surface area contributed by atoms with Crippen LogP contribution in [0.25, 0.3) is 0 Å². The summed E-state index contributed by atoms with van der Waals surface area (Å²) in [4.78, 5) is 4.88. The molecule has 4 nitrogen and oxygen atoms in total. The van der Waals surface area contributed by atoms with E-state index in [1.807, 2.05) is 36.4 Å². The summed E-state index contributed by atoms with van der Waals surface area (Å²) in [5, 5.41) is 14.8. The van der Waals surface area contributed by atoms with Crippen LogP contribution in [0.4, 0.5) is 0 Å². The van der Waals surface area contributed by atoms with E-state index in [0.717, 1.165) is 16.8 Å². The Balaban J connectivity index is 1.97. The molecule has 0 aliphatic carbocycles. The van der Waals surface area contributed by atoms with E-state index in [1.165, 1.54) is 0 Å². The van der Waals surface area contributed by atoms with Crippen LogP contribution in [0.5, 0.6) is 11.5 Å². The molecular weight excluding hydrogens is 336 g/mol. The van der Waals surface area contributed by atoms with E-state index >= 15 is 0 Å². The minimum atomic E-state index is -0.0364. The molecule has 5 heteroatoms. The molecule has 0 unspecified atom stereocenters. The number of ether oxygens (including phenoxy) is 1. The number of phenols is 1. The predicted octanol–water partition coefficient (Wildman–Crippen LogP) is 4.56. The number of benzene rings is 2. The van der Waals surface area contributed by atoms with Crippen LogP contribution in [0.15, 0.2) is 47.5 Å². The number of phenolic OH excluding ortho intramolecular Hbond substituents is 1. The maximum Gasteiger partial charge on any atom is 0.162 e. The lowest BCUT2D eigenvalue weighted by Crippen LogP contribution is -2.41. The Morgan fingerprint density at radius 3 is 2.56 bits per heavy atom. The van der Waals surface area contributed by atoms with Crippen molar-refractivity contribution >= 4 is 17.3 Å². The van der Waals surface area contributed by atoms with Crippen molar-refractivity contribution in [2.75, 3.05) is 7.11 Å². The van der Waals surface area contributed by atoms with E-state index in [4.69, 9.17) is 21.3 Å². The Morgan fingerprint density at radius 2 is 1.92 bits per heavy atom. The van der Waals surface area contributed by atoms with Crippen molar-refractivity contribution in [2.45, 2.75) is 32.5 Å². The summed E-state index contributed by atoms with van der Waals surface area (Å²) in [6.45, 7) is 4.27. The minimum Gasteiger partial charge on any atom is -0.504 e. The van der Waals surface area contributed by atoms with Gasteiger partial charge in [0.2, 0.25) is 0 Å². The van der Waals surface area contributed by atoms with Gasteiger partial charge in [0, 0.05) is 28.8 Å². The number of nitrogens with zero attached hydrogens (tertiary/aromatic N) is 1. The lowest BCUT2D eigenvalue weighted by molar-refractivity contribution is 0.335. The summed E-state index contributed by atoms with van der Waals surface area (Å²) in [5.41, 5.74) is 2.90. The van der Waals surface area contributed by atoms with Gasteiger partial charge in [-0.05, 0) is 29.7 Å². The molecule has 0 saturated heterocycles. The lowest BCUT2D eigenvalue weighted by Gasteiger charge is -2.32. The lowest BCUT2D eigenvalue weighted by atomic mass is 9.93. The molecule has 1 aliphatic rings. The van der Waals surface area contributed by atoms with Gasteiger partial charge in [0.1, 0.15) is 6.17 Å². The zero-order chi connectivity index (χ0) is 18.0. The van der Waals surface area contributed by atoms with E-state index in [1.54, 1.807) is 13.2 Å². The first-order valence-electron chi connectivity index (χ1n) is 8.44. The first-order chi connectivity index (χ1) is 12.0. The van der Waals surface area contributed by atoms with E-state index in [2.05, 4.69) is 19.2 Å². The van der Waals surface area contributed by atoms with Crippen molar-refractivity contribution in [1.29, 1.82) is 0 Å². The number of nitrogens with one attached hydrogen (secondary N) is 1. The van der Waals surface area contributed by atoms with Gasteiger partial charge in [-0.3, -0.25) is 10.3 Å².